The fourth-order valence-electron chi connectivity index (χ4n) is 2.81. The number of aromatic nitrogens is 2. The molecule has 0 saturated carbocycles. The Morgan fingerprint density at radius 2 is 1.88 bits per heavy atom. The summed E-state index contributed by atoms with van der Waals surface area (Å²) in [5.41, 5.74) is 1.96. The molecule has 1 aromatic heterocycles. The average molecular weight is 358 g/mol. The number of hydrogen-bond acceptors (Lipinski definition) is 2. The molecule has 0 spiro atoms. The van der Waals surface area contributed by atoms with E-state index in [4.69, 9.17) is 17.0 Å². The fourth-order valence-corrected chi connectivity index (χ4v) is 3.11. The second-order valence-electron chi connectivity index (χ2n) is 6.04. The van der Waals surface area contributed by atoms with Crippen molar-refractivity contribution in [1.29, 1.82) is 0 Å². The first kappa shape index (κ1) is 17.4. The number of imidazole rings is 1. The fraction of sp³-hybridized carbons (Fsp3) is 0.211. The lowest BCUT2D eigenvalue weighted by atomic mass is 10.2. The summed E-state index contributed by atoms with van der Waals surface area (Å²) in [4.78, 5) is 1.22. The van der Waals surface area contributed by atoms with E-state index in [2.05, 4.69) is 7.05 Å². The summed E-state index contributed by atoms with van der Waals surface area (Å²) in [7, 11) is 3.71. The van der Waals surface area contributed by atoms with Gasteiger partial charge in [0.2, 0.25) is 0 Å². The predicted octanol–water partition coefficient (Wildman–Crippen LogP) is 2.83. The van der Waals surface area contributed by atoms with Gasteiger partial charge in [0.15, 0.2) is 11.4 Å². The number of benzene rings is 2. The van der Waals surface area contributed by atoms with Crippen LogP contribution in [0.2, 0.25) is 0 Å². The first-order chi connectivity index (χ1) is 12.1. The van der Waals surface area contributed by atoms with Crippen LogP contribution in [0.5, 0.6) is 5.75 Å². The van der Waals surface area contributed by atoms with Crippen LogP contribution in [0.1, 0.15) is 5.56 Å². The highest BCUT2D eigenvalue weighted by Crippen LogP contribution is 2.15. The van der Waals surface area contributed by atoms with Crippen molar-refractivity contribution in [2.24, 2.45) is 0 Å². The number of hydrogen-bond donors (Lipinski definition) is 1. The quantitative estimate of drug-likeness (QED) is 0.685. The summed E-state index contributed by atoms with van der Waals surface area (Å²) < 4.78 is 23.2. The Morgan fingerprint density at radius 1 is 1.12 bits per heavy atom. The Kier molecular flexibility index (Phi) is 5.31. The zero-order valence-corrected chi connectivity index (χ0v) is 15.1. The van der Waals surface area contributed by atoms with E-state index < -0.39 is 0 Å². The lowest BCUT2D eigenvalue weighted by Gasteiger charge is -2.15. The van der Waals surface area contributed by atoms with Gasteiger partial charge in [0.25, 0.3) is 0 Å². The van der Waals surface area contributed by atoms with E-state index >= 15 is 0 Å². The summed E-state index contributed by atoms with van der Waals surface area (Å²) in [6, 6.07) is 14.5. The monoisotopic (exact) mass is 358 g/mol. The Balaban J connectivity index is 1.73. The summed E-state index contributed by atoms with van der Waals surface area (Å²) in [5.74, 6) is 0.613. The maximum absolute atomic E-state index is 13.3. The van der Waals surface area contributed by atoms with Gasteiger partial charge in [0.05, 0.1) is 14.2 Å². The van der Waals surface area contributed by atoms with Crippen LogP contribution in [0.15, 0.2) is 60.9 Å². The Morgan fingerprint density at radius 3 is 2.56 bits per heavy atom. The molecule has 0 saturated heterocycles. The van der Waals surface area contributed by atoms with E-state index in [0.29, 0.717) is 6.67 Å². The zero-order valence-electron chi connectivity index (χ0n) is 14.3. The number of nitrogens with one attached hydrogen (secondary N) is 1. The van der Waals surface area contributed by atoms with Crippen molar-refractivity contribution in [3.05, 3.63) is 77.1 Å². The van der Waals surface area contributed by atoms with Crippen molar-refractivity contribution in [3.8, 4) is 11.4 Å². The van der Waals surface area contributed by atoms with Crippen LogP contribution < -0.4 is 9.64 Å². The molecule has 3 rings (SSSR count). The van der Waals surface area contributed by atoms with Crippen LogP contribution in [0, 0.1) is 10.6 Å². The van der Waals surface area contributed by atoms with Crippen molar-refractivity contribution in [2.75, 3.05) is 14.2 Å². The van der Waals surface area contributed by atoms with Gasteiger partial charge in [-0.15, -0.1) is 0 Å². The number of rotatable bonds is 6. The van der Waals surface area contributed by atoms with Crippen molar-refractivity contribution in [1.82, 2.24) is 9.13 Å². The normalized spacial score (nSPS) is 12.1. The molecule has 0 amide bonds. The molecule has 0 aliphatic rings. The topological polar surface area (TPSA) is 23.5 Å². The first-order valence-corrected chi connectivity index (χ1v) is 8.45. The molecule has 3 aromatic rings. The molecule has 0 bridgehead atoms. The number of nitrogens with zero attached hydrogens (tertiary/aromatic N) is 2. The molecule has 0 aliphatic heterocycles. The predicted molar refractivity (Wildman–Crippen MR) is 98.1 cm³/mol. The van der Waals surface area contributed by atoms with Crippen LogP contribution in [0.3, 0.4) is 0 Å². The highest BCUT2D eigenvalue weighted by Gasteiger charge is 2.09. The standard InChI is InChI=1S/C19H20FN3OS/c1-21(13-15-4-3-5-16(20)12-15)14-22-10-11-23(19(22)25)17-6-8-18(24-2)9-7-17/h3-12H,13-14H2,1-2H3/p+1. The number of ether oxygens (including phenoxy) is 1. The molecule has 1 unspecified atom stereocenters. The van der Waals surface area contributed by atoms with E-state index in [1.807, 2.05) is 51.9 Å². The van der Waals surface area contributed by atoms with E-state index in [-0.39, 0.29) is 5.82 Å². The van der Waals surface area contributed by atoms with Gasteiger partial charge in [-0.3, -0.25) is 9.13 Å². The average Bonchev–Trinajstić information content (AvgIpc) is 2.95. The molecule has 4 nitrogen and oxygen atoms in total. The van der Waals surface area contributed by atoms with Crippen molar-refractivity contribution >= 4 is 12.2 Å². The molecule has 1 atom stereocenters. The molecular weight excluding hydrogens is 337 g/mol. The van der Waals surface area contributed by atoms with Crippen molar-refractivity contribution in [3.63, 3.8) is 0 Å². The molecule has 130 valence electrons. The molecular formula is C19H21FN3OS+. The summed E-state index contributed by atoms with van der Waals surface area (Å²) in [6.45, 7) is 1.44. The minimum Gasteiger partial charge on any atom is -0.497 e. The van der Waals surface area contributed by atoms with Gasteiger partial charge in [0.1, 0.15) is 18.1 Å². The first-order valence-electron chi connectivity index (χ1n) is 8.05. The third-order valence-electron chi connectivity index (χ3n) is 4.03. The van der Waals surface area contributed by atoms with Gasteiger partial charge in [-0.25, -0.2) is 4.39 Å². The van der Waals surface area contributed by atoms with Gasteiger partial charge in [-0.05, 0) is 48.6 Å². The van der Waals surface area contributed by atoms with Crippen molar-refractivity contribution < 1.29 is 14.0 Å². The summed E-state index contributed by atoms with van der Waals surface area (Å²) in [5, 5.41) is 0. The third-order valence-corrected chi connectivity index (χ3v) is 4.46. The molecule has 2 aromatic carbocycles. The van der Waals surface area contributed by atoms with E-state index in [1.54, 1.807) is 19.2 Å². The minimum absolute atomic E-state index is 0.201. The highest BCUT2D eigenvalue weighted by atomic mass is 32.1. The maximum atomic E-state index is 13.3. The summed E-state index contributed by atoms with van der Waals surface area (Å²) >= 11 is 5.59. The van der Waals surface area contributed by atoms with Crippen LogP contribution in [0.4, 0.5) is 4.39 Å². The Hall–Kier alpha value is -2.44. The lowest BCUT2D eigenvalue weighted by Crippen LogP contribution is -3.06. The van der Waals surface area contributed by atoms with Gasteiger partial charge >= 0.3 is 0 Å². The maximum Gasteiger partial charge on any atom is 0.188 e. The Bertz CT molecular complexity index is 902. The largest absolute Gasteiger partial charge is 0.497 e. The zero-order chi connectivity index (χ0) is 17.8. The molecule has 0 radical (unpaired) electrons. The van der Waals surface area contributed by atoms with E-state index in [9.17, 15) is 4.39 Å². The van der Waals surface area contributed by atoms with Crippen molar-refractivity contribution in [2.45, 2.75) is 13.2 Å². The summed E-state index contributed by atoms with van der Waals surface area (Å²) in [6.07, 6.45) is 3.93. The Labute approximate surface area is 151 Å². The minimum atomic E-state index is -0.201. The van der Waals surface area contributed by atoms with Gasteiger partial charge in [-0.1, -0.05) is 12.1 Å². The van der Waals surface area contributed by atoms with E-state index in [1.165, 1.54) is 11.0 Å². The van der Waals surface area contributed by atoms with Crippen LogP contribution >= 0.6 is 12.2 Å². The smallest absolute Gasteiger partial charge is 0.188 e. The molecule has 1 N–H and O–H groups in total. The third kappa shape index (κ3) is 4.15. The van der Waals surface area contributed by atoms with Crippen LogP contribution in [-0.4, -0.2) is 23.3 Å². The van der Waals surface area contributed by atoms with E-state index in [0.717, 1.165) is 28.3 Å². The molecule has 6 heteroatoms. The molecule has 1 heterocycles. The number of methoxy groups -OCH3 is 1. The molecule has 25 heavy (non-hydrogen) atoms. The highest BCUT2D eigenvalue weighted by molar-refractivity contribution is 7.71. The molecule has 0 aliphatic carbocycles. The second kappa shape index (κ2) is 7.63. The van der Waals surface area contributed by atoms with Gasteiger partial charge in [0, 0.05) is 23.6 Å². The lowest BCUT2D eigenvalue weighted by molar-refractivity contribution is -0.917. The van der Waals surface area contributed by atoms with Gasteiger partial charge < -0.3 is 9.64 Å². The van der Waals surface area contributed by atoms with Gasteiger partial charge in [-0.2, -0.15) is 0 Å². The SMILES string of the molecule is COc1ccc(-n2ccn(C[NH+](C)Cc3cccc(F)c3)c2=S)cc1. The molecule has 0 fully saturated rings. The van der Waals surface area contributed by atoms with Crippen LogP contribution in [-0.2, 0) is 13.2 Å². The number of quaternary nitrogens is 1. The number of halogens is 1. The van der Waals surface area contributed by atoms with Crippen LogP contribution in [0.25, 0.3) is 5.69 Å². The second-order valence-corrected chi connectivity index (χ2v) is 6.41.